The Kier molecular flexibility index (Phi) is 6.43. The minimum absolute atomic E-state index is 0.0701. The number of benzene rings is 2. The topological polar surface area (TPSA) is 99.2 Å². The third-order valence-corrected chi connectivity index (χ3v) is 6.24. The smallest absolute Gasteiger partial charge is 0.246 e. The molecule has 2 aromatic carbocycles. The molecule has 1 aliphatic rings. The lowest BCUT2D eigenvalue weighted by Gasteiger charge is -2.31. The standard InChI is InChI=1S/C27H28N6O2/c1-2-3-9-23(34)32-16-14-20(15-17-32)33-27-24(26(28)29-18-30-27)25(31-33)19-10-12-22(13-11-19)35-21-7-5-4-6-8-21/h3-13,18,20H,2,14-17H2,1H3,(H2,28,29,30)/b9-3+. The van der Waals surface area contributed by atoms with Gasteiger partial charge in [0, 0.05) is 18.7 Å². The van der Waals surface area contributed by atoms with Gasteiger partial charge in [0.1, 0.15) is 29.3 Å². The Labute approximate surface area is 204 Å². The third-order valence-electron chi connectivity index (χ3n) is 6.24. The second-order valence-corrected chi connectivity index (χ2v) is 8.56. The molecule has 0 atom stereocenters. The van der Waals surface area contributed by atoms with Crippen molar-refractivity contribution in [3.05, 3.63) is 73.1 Å². The number of anilines is 1. The van der Waals surface area contributed by atoms with Gasteiger partial charge < -0.3 is 15.4 Å². The van der Waals surface area contributed by atoms with E-state index >= 15 is 0 Å². The Morgan fingerprint density at radius 2 is 1.77 bits per heavy atom. The molecule has 8 nitrogen and oxygen atoms in total. The van der Waals surface area contributed by atoms with Crippen LogP contribution >= 0.6 is 0 Å². The summed E-state index contributed by atoms with van der Waals surface area (Å²) in [5.41, 5.74) is 8.66. The van der Waals surface area contributed by atoms with E-state index in [2.05, 4.69) is 9.97 Å². The van der Waals surface area contributed by atoms with E-state index in [4.69, 9.17) is 15.6 Å². The number of nitrogens with zero attached hydrogens (tertiary/aromatic N) is 5. The zero-order valence-electron chi connectivity index (χ0n) is 19.7. The summed E-state index contributed by atoms with van der Waals surface area (Å²) in [6.07, 6.45) is 7.50. The SMILES string of the molecule is CC/C=C/C(=O)N1CCC(n2nc(-c3ccc(Oc4ccccc4)cc3)c3c(N)ncnc32)CC1. The molecule has 0 unspecified atom stereocenters. The van der Waals surface area contributed by atoms with Gasteiger partial charge in [0.25, 0.3) is 0 Å². The van der Waals surface area contributed by atoms with Crippen LogP contribution in [0.3, 0.4) is 0 Å². The number of carbonyl (C=O) groups is 1. The van der Waals surface area contributed by atoms with Crippen LogP contribution in [0, 0.1) is 0 Å². The molecule has 0 aliphatic carbocycles. The first-order chi connectivity index (χ1) is 17.1. The highest BCUT2D eigenvalue weighted by Gasteiger charge is 2.27. The van der Waals surface area contributed by atoms with Gasteiger partial charge in [-0.05, 0) is 61.7 Å². The molecule has 1 amide bonds. The highest BCUT2D eigenvalue weighted by atomic mass is 16.5. The molecule has 0 radical (unpaired) electrons. The highest BCUT2D eigenvalue weighted by molar-refractivity contribution is 5.98. The monoisotopic (exact) mass is 468 g/mol. The third kappa shape index (κ3) is 4.73. The zero-order chi connectivity index (χ0) is 24.2. The van der Waals surface area contributed by atoms with E-state index < -0.39 is 0 Å². The summed E-state index contributed by atoms with van der Waals surface area (Å²) < 4.78 is 7.88. The van der Waals surface area contributed by atoms with Gasteiger partial charge in [0.05, 0.1) is 11.4 Å². The van der Waals surface area contributed by atoms with Gasteiger partial charge in [-0.25, -0.2) is 14.6 Å². The van der Waals surface area contributed by atoms with Crippen LogP contribution in [-0.2, 0) is 4.79 Å². The van der Waals surface area contributed by atoms with Crippen molar-refractivity contribution in [3.8, 4) is 22.8 Å². The molecule has 4 aromatic rings. The zero-order valence-corrected chi connectivity index (χ0v) is 19.7. The van der Waals surface area contributed by atoms with Crippen LogP contribution in [0.2, 0.25) is 0 Å². The number of hydrogen-bond donors (Lipinski definition) is 1. The number of fused-ring (bicyclic) bond motifs is 1. The van der Waals surface area contributed by atoms with E-state index in [0.717, 1.165) is 47.4 Å². The van der Waals surface area contributed by atoms with E-state index in [9.17, 15) is 4.79 Å². The van der Waals surface area contributed by atoms with E-state index in [1.54, 1.807) is 6.08 Å². The molecule has 2 N–H and O–H groups in total. The predicted molar refractivity (Wildman–Crippen MR) is 136 cm³/mol. The van der Waals surface area contributed by atoms with Crippen molar-refractivity contribution in [1.29, 1.82) is 0 Å². The fourth-order valence-electron chi connectivity index (χ4n) is 4.41. The first-order valence-electron chi connectivity index (χ1n) is 11.9. The van der Waals surface area contributed by atoms with Crippen LogP contribution in [0.5, 0.6) is 11.5 Å². The molecule has 3 heterocycles. The van der Waals surface area contributed by atoms with E-state index in [1.165, 1.54) is 6.33 Å². The molecule has 5 rings (SSSR count). The lowest BCUT2D eigenvalue weighted by atomic mass is 10.0. The molecule has 1 saturated heterocycles. The van der Waals surface area contributed by atoms with Crippen molar-refractivity contribution in [3.63, 3.8) is 0 Å². The van der Waals surface area contributed by atoms with Gasteiger partial charge >= 0.3 is 0 Å². The van der Waals surface area contributed by atoms with Crippen molar-refractivity contribution < 1.29 is 9.53 Å². The summed E-state index contributed by atoms with van der Waals surface area (Å²) in [4.78, 5) is 23.0. The number of allylic oxidation sites excluding steroid dienone is 1. The molecular formula is C27H28N6O2. The Morgan fingerprint density at radius 1 is 1.06 bits per heavy atom. The quantitative estimate of drug-likeness (QED) is 0.400. The molecule has 2 aromatic heterocycles. The number of para-hydroxylation sites is 1. The molecule has 178 valence electrons. The number of rotatable bonds is 6. The average Bonchev–Trinajstić information content (AvgIpc) is 3.29. The van der Waals surface area contributed by atoms with Crippen LogP contribution in [0.25, 0.3) is 22.3 Å². The average molecular weight is 469 g/mol. The van der Waals surface area contributed by atoms with Crippen molar-refractivity contribution in [2.45, 2.75) is 32.2 Å². The summed E-state index contributed by atoms with van der Waals surface area (Å²) in [5, 5.41) is 5.70. The number of hydrogen-bond acceptors (Lipinski definition) is 6. The Bertz CT molecular complexity index is 1340. The molecule has 0 spiro atoms. The second kappa shape index (κ2) is 9.97. The van der Waals surface area contributed by atoms with Crippen molar-refractivity contribution in [1.82, 2.24) is 24.6 Å². The number of amides is 1. The minimum Gasteiger partial charge on any atom is -0.457 e. The maximum absolute atomic E-state index is 12.4. The van der Waals surface area contributed by atoms with Gasteiger partial charge in [-0.2, -0.15) is 5.10 Å². The largest absolute Gasteiger partial charge is 0.457 e. The lowest BCUT2D eigenvalue weighted by Crippen LogP contribution is -2.38. The fourth-order valence-corrected chi connectivity index (χ4v) is 4.41. The molecule has 1 fully saturated rings. The summed E-state index contributed by atoms with van der Waals surface area (Å²) in [6.45, 7) is 3.38. The number of carbonyl (C=O) groups excluding carboxylic acids is 1. The number of nitrogen functional groups attached to an aromatic ring is 1. The van der Waals surface area contributed by atoms with Gasteiger partial charge in [0.2, 0.25) is 5.91 Å². The molecule has 8 heteroatoms. The van der Waals surface area contributed by atoms with E-state index in [0.29, 0.717) is 24.6 Å². The molecule has 35 heavy (non-hydrogen) atoms. The Hall–Kier alpha value is -4.20. The van der Waals surface area contributed by atoms with Crippen molar-refractivity contribution in [2.24, 2.45) is 0 Å². The van der Waals surface area contributed by atoms with Crippen molar-refractivity contribution >= 4 is 22.8 Å². The second-order valence-electron chi connectivity index (χ2n) is 8.56. The van der Waals surface area contributed by atoms with Crippen LogP contribution < -0.4 is 10.5 Å². The number of likely N-dealkylation sites (tertiary alicyclic amines) is 1. The van der Waals surface area contributed by atoms with Crippen LogP contribution in [0.1, 0.15) is 32.2 Å². The lowest BCUT2D eigenvalue weighted by molar-refractivity contribution is -0.127. The van der Waals surface area contributed by atoms with Crippen LogP contribution in [0.4, 0.5) is 5.82 Å². The Balaban J connectivity index is 1.41. The first-order valence-corrected chi connectivity index (χ1v) is 11.9. The van der Waals surface area contributed by atoms with Crippen LogP contribution in [0.15, 0.2) is 73.1 Å². The van der Waals surface area contributed by atoms with Gasteiger partial charge in [-0.15, -0.1) is 0 Å². The molecular weight excluding hydrogens is 440 g/mol. The van der Waals surface area contributed by atoms with Gasteiger partial charge in [0.15, 0.2) is 5.65 Å². The highest BCUT2D eigenvalue weighted by Crippen LogP contribution is 2.35. The number of nitrogens with two attached hydrogens (primary N) is 1. The van der Waals surface area contributed by atoms with Crippen LogP contribution in [-0.4, -0.2) is 43.6 Å². The maximum atomic E-state index is 12.4. The summed E-state index contributed by atoms with van der Waals surface area (Å²) in [6, 6.07) is 17.6. The van der Waals surface area contributed by atoms with E-state index in [1.807, 2.05) is 77.2 Å². The summed E-state index contributed by atoms with van der Waals surface area (Å²) >= 11 is 0. The number of ether oxygens (including phenoxy) is 1. The molecule has 0 saturated carbocycles. The first kappa shape index (κ1) is 22.6. The normalized spacial score (nSPS) is 14.6. The fraction of sp³-hybridized carbons (Fsp3) is 0.259. The maximum Gasteiger partial charge on any atom is 0.246 e. The van der Waals surface area contributed by atoms with E-state index in [-0.39, 0.29) is 11.9 Å². The van der Waals surface area contributed by atoms with Crippen molar-refractivity contribution in [2.75, 3.05) is 18.8 Å². The predicted octanol–water partition coefficient (Wildman–Crippen LogP) is 5.00. The summed E-state index contributed by atoms with van der Waals surface area (Å²) in [7, 11) is 0. The van der Waals surface area contributed by atoms with Gasteiger partial charge in [-0.3, -0.25) is 4.79 Å². The number of aromatic nitrogens is 4. The molecule has 0 bridgehead atoms. The Morgan fingerprint density at radius 3 is 2.49 bits per heavy atom. The molecule has 1 aliphatic heterocycles. The summed E-state index contributed by atoms with van der Waals surface area (Å²) in [5.74, 6) is 1.99. The van der Waals surface area contributed by atoms with Gasteiger partial charge in [-0.1, -0.05) is 31.2 Å². The number of piperidine rings is 1. The minimum atomic E-state index is 0.0701.